The highest BCUT2D eigenvalue weighted by molar-refractivity contribution is 9.10. The van der Waals surface area contributed by atoms with Crippen molar-refractivity contribution in [2.24, 2.45) is 11.7 Å². The lowest BCUT2D eigenvalue weighted by Crippen LogP contribution is -2.41. The first-order valence-electron chi connectivity index (χ1n) is 8.11. The van der Waals surface area contributed by atoms with Crippen molar-refractivity contribution in [3.63, 3.8) is 0 Å². The number of aryl methyl sites for hydroxylation is 1. The minimum absolute atomic E-state index is 0.470. The molecule has 120 valence electrons. The number of carbonyl (C=O) groups excluding carboxylic acids is 1. The summed E-state index contributed by atoms with van der Waals surface area (Å²) >= 11 is 3.57. The van der Waals surface area contributed by atoms with Crippen LogP contribution in [-0.2, 0) is 11.2 Å². The molecule has 0 saturated heterocycles. The van der Waals surface area contributed by atoms with Crippen LogP contribution in [-0.4, -0.2) is 25.3 Å². The van der Waals surface area contributed by atoms with E-state index in [0.29, 0.717) is 18.6 Å². The number of anilines is 1. The van der Waals surface area contributed by atoms with Gasteiger partial charge in [-0.05, 0) is 68.2 Å². The zero-order valence-corrected chi connectivity index (χ0v) is 14.3. The molecule has 0 spiro atoms. The van der Waals surface area contributed by atoms with Crippen LogP contribution in [0.25, 0.3) is 0 Å². The molecule has 0 bridgehead atoms. The largest absolute Gasteiger partial charge is 0.449 e. The number of nitrogens with two attached hydrogens (primary N) is 1. The van der Waals surface area contributed by atoms with Gasteiger partial charge in [0, 0.05) is 22.7 Å². The van der Waals surface area contributed by atoms with Crippen molar-refractivity contribution >= 4 is 27.7 Å². The zero-order chi connectivity index (χ0) is 15.5. The van der Waals surface area contributed by atoms with Crippen molar-refractivity contribution in [1.29, 1.82) is 0 Å². The number of halogens is 1. The molecule has 3 rings (SSSR count). The number of hydrogen-bond acceptors (Lipinski definition) is 3. The summed E-state index contributed by atoms with van der Waals surface area (Å²) < 4.78 is 6.12. The minimum Gasteiger partial charge on any atom is -0.449 e. The molecule has 1 amide bonds. The standard InChI is InChI=1S/C17H23BrN2O2/c18-14-5-8-16-13(10-14)2-1-9-20(16)15-6-3-12(4-7-15)11-22-17(19)21/h5,8,10,12,15H,1-4,6-7,9,11H2,(H2,19,21). The second-order valence-electron chi connectivity index (χ2n) is 6.37. The van der Waals surface area contributed by atoms with Gasteiger partial charge in [0.1, 0.15) is 0 Å². The van der Waals surface area contributed by atoms with Crippen LogP contribution in [0.15, 0.2) is 22.7 Å². The number of ether oxygens (including phenoxy) is 1. The molecule has 2 N–H and O–H groups in total. The maximum Gasteiger partial charge on any atom is 0.404 e. The molecule has 22 heavy (non-hydrogen) atoms. The van der Waals surface area contributed by atoms with E-state index in [4.69, 9.17) is 10.5 Å². The Bertz CT molecular complexity index is 541. The van der Waals surface area contributed by atoms with E-state index in [1.54, 1.807) is 0 Å². The summed E-state index contributed by atoms with van der Waals surface area (Å²) in [6.07, 6.45) is 6.31. The first-order valence-corrected chi connectivity index (χ1v) is 8.90. The molecule has 0 atom stereocenters. The van der Waals surface area contributed by atoms with E-state index in [-0.39, 0.29) is 0 Å². The molecule has 1 aliphatic carbocycles. The summed E-state index contributed by atoms with van der Waals surface area (Å²) in [6, 6.07) is 7.27. The summed E-state index contributed by atoms with van der Waals surface area (Å²) in [7, 11) is 0. The van der Waals surface area contributed by atoms with Gasteiger partial charge in [-0.2, -0.15) is 0 Å². The van der Waals surface area contributed by atoms with Gasteiger partial charge in [0.25, 0.3) is 0 Å². The summed E-state index contributed by atoms with van der Waals surface area (Å²) in [4.78, 5) is 13.3. The number of rotatable bonds is 3. The molecule has 2 aliphatic rings. The van der Waals surface area contributed by atoms with Crippen molar-refractivity contribution in [2.45, 2.75) is 44.6 Å². The molecule has 1 fully saturated rings. The fourth-order valence-electron chi connectivity index (χ4n) is 3.80. The van der Waals surface area contributed by atoms with Crippen molar-refractivity contribution in [1.82, 2.24) is 0 Å². The number of carbonyl (C=O) groups is 1. The monoisotopic (exact) mass is 366 g/mol. The van der Waals surface area contributed by atoms with Crippen LogP contribution >= 0.6 is 15.9 Å². The van der Waals surface area contributed by atoms with Crippen molar-refractivity contribution in [3.05, 3.63) is 28.2 Å². The van der Waals surface area contributed by atoms with Crippen LogP contribution < -0.4 is 10.6 Å². The summed E-state index contributed by atoms with van der Waals surface area (Å²) in [5, 5.41) is 0. The molecule has 1 saturated carbocycles. The fraction of sp³-hybridized carbons (Fsp3) is 0.588. The summed E-state index contributed by atoms with van der Waals surface area (Å²) in [6.45, 7) is 1.63. The quantitative estimate of drug-likeness (QED) is 0.883. The van der Waals surface area contributed by atoms with E-state index in [2.05, 4.69) is 39.0 Å². The second-order valence-corrected chi connectivity index (χ2v) is 7.29. The lowest BCUT2D eigenvalue weighted by molar-refractivity contribution is 0.121. The normalized spacial score (nSPS) is 24.7. The SMILES string of the molecule is NC(=O)OCC1CCC(N2CCCc3cc(Br)ccc32)CC1. The zero-order valence-electron chi connectivity index (χ0n) is 12.8. The van der Waals surface area contributed by atoms with Crippen molar-refractivity contribution in [3.8, 4) is 0 Å². The van der Waals surface area contributed by atoms with E-state index >= 15 is 0 Å². The molecular formula is C17H23BrN2O2. The molecular weight excluding hydrogens is 344 g/mol. The second kappa shape index (κ2) is 6.90. The van der Waals surface area contributed by atoms with Crippen molar-refractivity contribution in [2.75, 3.05) is 18.1 Å². The van der Waals surface area contributed by atoms with Crippen LogP contribution in [0.4, 0.5) is 10.5 Å². The Hall–Kier alpha value is -1.23. The molecule has 4 nitrogen and oxygen atoms in total. The smallest absolute Gasteiger partial charge is 0.404 e. The van der Waals surface area contributed by atoms with Crippen LogP contribution in [0.2, 0.25) is 0 Å². The van der Waals surface area contributed by atoms with Gasteiger partial charge < -0.3 is 15.4 Å². The molecule has 1 aromatic rings. The van der Waals surface area contributed by atoms with Crippen LogP contribution in [0, 0.1) is 5.92 Å². The van der Waals surface area contributed by atoms with E-state index in [1.165, 1.54) is 41.4 Å². The molecule has 5 heteroatoms. The third-order valence-corrected chi connectivity index (χ3v) is 5.41. The van der Waals surface area contributed by atoms with Gasteiger partial charge in [-0.25, -0.2) is 4.79 Å². The molecule has 0 unspecified atom stereocenters. The van der Waals surface area contributed by atoms with Crippen LogP contribution in [0.1, 0.15) is 37.7 Å². The van der Waals surface area contributed by atoms with Gasteiger partial charge in [-0.3, -0.25) is 0 Å². The number of hydrogen-bond donors (Lipinski definition) is 1. The Kier molecular flexibility index (Phi) is 4.91. The number of fused-ring (bicyclic) bond motifs is 1. The lowest BCUT2D eigenvalue weighted by atomic mass is 9.84. The minimum atomic E-state index is -0.655. The highest BCUT2D eigenvalue weighted by Gasteiger charge is 2.29. The number of amides is 1. The van der Waals surface area contributed by atoms with Gasteiger partial charge in [-0.1, -0.05) is 15.9 Å². The molecule has 0 aromatic heterocycles. The molecule has 1 aliphatic heterocycles. The average molecular weight is 367 g/mol. The Morgan fingerprint density at radius 1 is 1.32 bits per heavy atom. The van der Waals surface area contributed by atoms with Crippen LogP contribution in [0.5, 0.6) is 0 Å². The Morgan fingerprint density at radius 3 is 2.82 bits per heavy atom. The Balaban J connectivity index is 1.62. The maximum absolute atomic E-state index is 10.7. The highest BCUT2D eigenvalue weighted by Crippen LogP contribution is 2.36. The lowest BCUT2D eigenvalue weighted by Gasteiger charge is -2.41. The van der Waals surface area contributed by atoms with E-state index in [1.807, 2.05) is 0 Å². The van der Waals surface area contributed by atoms with Gasteiger partial charge >= 0.3 is 6.09 Å². The third kappa shape index (κ3) is 3.57. The Morgan fingerprint density at radius 2 is 2.09 bits per heavy atom. The van der Waals surface area contributed by atoms with E-state index in [0.717, 1.165) is 19.4 Å². The topological polar surface area (TPSA) is 55.6 Å². The number of primary amides is 1. The summed E-state index contributed by atoms with van der Waals surface area (Å²) in [5.74, 6) is 0.470. The van der Waals surface area contributed by atoms with Crippen LogP contribution in [0.3, 0.4) is 0 Å². The first kappa shape index (κ1) is 15.7. The molecule has 1 heterocycles. The highest BCUT2D eigenvalue weighted by atomic mass is 79.9. The van der Waals surface area contributed by atoms with E-state index < -0.39 is 6.09 Å². The average Bonchev–Trinajstić information content (AvgIpc) is 2.52. The third-order valence-electron chi connectivity index (χ3n) is 4.91. The van der Waals surface area contributed by atoms with Gasteiger partial charge in [0.05, 0.1) is 6.61 Å². The maximum atomic E-state index is 10.7. The van der Waals surface area contributed by atoms with Gasteiger partial charge in [0.2, 0.25) is 0 Å². The number of nitrogens with zero attached hydrogens (tertiary/aromatic N) is 1. The van der Waals surface area contributed by atoms with E-state index in [9.17, 15) is 4.79 Å². The van der Waals surface area contributed by atoms with Crippen molar-refractivity contribution < 1.29 is 9.53 Å². The fourth-order valence-corrected chi connectivity index (χ4v) is 4.21. The first-order chi connectivity index (χ1) is 10.6. The van der Waals surface area contributed by atoms with Gasteiger partial charge in [0.15, 0.2) is 0 Å². The summed E-state index contributed by atoms with van der Waals surface area (Å²) in [5.41, 5.74) is 7.91. The Labute approximate surface area is 140 Å². The predicted molar refractivity (Wildman–Crippen MR) is 91.1 cm³/mol. The molecule has 0 radical (unpaired) electrons. The number of benzene rings is 1. The molecule has 1 aromatic carbocycles. The van der Waals surface area contributed by atoms with Gasteiger partial charge in [-0.15, -0.1) is 0 Å². The predicted octanol–water partition coefficient (Wildman–Crippen LogP) is 3.86.